The summed E-state index contributed by atoms with van der Waals surface area (Å²) in [5.41, 5.74) is 3.77. The molecule has 1 aliphatic carbocycles. The van der Waals surface area contributed by atoms with Gasteiger partial charge in [-0.1, -0.05) is 36.6 Å². The molecule has 1 aromatic carbocycles. The number of hydrogen-bond acceptors (Lipinski definition) is 3. The minimum absolute atomic E-state index is 0. The lowest BCUT2D eigenvalue weighted by molar-refractivity contribution is -0.121. The van der Waals surface area contributed by atoms with E-state index in [1.165, 1.54) is 29.5 Å². The summed E-state index contributed by atoms with van der Waals surface area (Å²) < 4.78 is 6.04. The van der Waals surface area contributed by atoms with Gasteiger partial charge in [0.2, 0.25) is 5.91 Å². The third-order valence-corrected chi connectivity index (χ3v) is 5.71. The molecule has 1 atom stereocenters. The van der Waals surface area contributed by atoms with E-state index >= 15 is 0 Å². The van der Waals surface area contributed by atoms with Crippen LogP contribution in [0, 0.1) is 13.8 Å². The Morgan fingerprint density at radius 1 is 1.28 bits per heavy atom. The molecule has 0 radical (unpaired) electrons. The lowest BCUT2D eigenvalue weighted by Crippen LogP contribution is -2.49. The van der Waals surface area contributed by atoms with Gasteiger partial charge in [0.25, 0.3) is 0 Å². The highest BCUT2D eigenvalue weighted by molar-refractivity contribution is 14.0. The number of guanidine groups is 1. The molecule has 0 aromatic heterocycles. The van der Waals surface area contributed by atoms with E-state index in [4.69, 9.17) is 4.74 Å². The van der Waals surface area contributed by atoms with Crippen LogP contribution in [-0.2, 0) is 9.53 Å². The molecule has 7 heteroatoms. The van der Waals surface area contributed by atoms with E-state index < -0.39 is 0 Å². The monoisotopic (exact) mass is 514 g/mol. The van der Waals surface area contributed by atoms with Crippen LogP contribution in [0.15, 0.2) is 23.2 Å². The standard InChI is InChI=1S/C22H34N4O2.HI/c1-16-8-9-19(17(2)14-16)20-15-26(12-13-28-20)22(23-3)24-11-10-21(27)25-18-6-4-5-7-18;/h8-9,14,18,20H,4-7,10-13,15H2,1-3H3,(H,23,24)(H,25,27);1H. The van der Waals surface area contributed by atoms with Crippen molar-refractivity contribution in [3.8, 4) is 0 Å². The first-order chi connectivity index (χ1) is 13.6. The highest BCUT2D eigenvalue weighted by Gasteiger charge is 2.25. The number of ether oxygens (including phenoxy) is 1. The smallest absolute Gasteiger partial charge is 0.221 e. The number of nitrogens with zero attached hydrogens (tertiary/aromatic N) is 2. The van der Waals surface area contributed by atoms with E-state index in [-0.39, 0.29) is 36.0 Å². The normalized spacial score (nSPS) is 20.3. The Hall–Kier alpha value is -1.35. The number of amides is 1. The molecule has 29 heavy (non-hydrogen) atoms. The Bertz CT molecular complexity index is 704. The summed E-state index contributed by atoms with van der Waals surface area (Å²) in [4.78, 5) is 18.8. The number of nitrogens with one attached hydrogen (secondary N) is 2. The fraction of sp³-hybridized carbons (Fsp3) is 0.636. The maximum atomic E-state index is 12.1. The largest absolute Gasteiger partial charge is 0.370 e. The third-order valence-electron chi connectivity index (χ3n) is 5.71. The van der Waals surface area contributed by atoms with Crippen molar-refractivity contribution in [3.05, 3.63) is 34.9 Å². The molecule has 1 saturated heterocycles. The molecule has 1 saturated carbocycles. The van der Waals surface area contributed by atoms with Crippen LogP contribution < -0.4 is 10.6 Å². The predicted molar refractivity (Wildman–Crippen MR) is 128 cm³/mol. The van der Waals surface area contributed by atoms with E-state index in [1.807, 2.05) is 0 Å². The molecule has 1 aromatic rings. The van der Waals surface area contributed by atoms with Gasteiger partial charge >= 0.3 is 0 Å². The van der Waals surface area contributed by atoms with Gasteiger partial charge in [-0.3, -0.25) is 9.79 Å². The molecule has 1 unspecified atom stereocenters. The van der Waals surface area contributed by atoms with Crippen molar-refractivity contribution in [2.24, 2.45) is 4.99 Å². The topological polar surface area (TPSA) is 66.0 Å². The number of halogens is 1. The minimum atomic E-state index is 0. The second-order valence-corrected chi connectivity index (χ2v) is 7.94. The Balaban J connectivity index is 0.00000300. The van der Waals surface area contributed by atoms with Crippen LogP contribution in [0.4, 0.5) is 0 Å². The van der Waals surface area contributed by atoms with Crippen molar-refractivity contribution in [1.29, 1.82) is 0 Å². The van der Waals surface area contributed by atoms with Crippen LogP contribution in [0.5, 0.6) is 0 Å². The van der Waals surface area contributed by atoms with Gasteiger partial charge < -0.3 is 20.3 Å². The first-order valence-corrected chi connectivity index (χ1v) is 10.5. The minimum Gasteiger partial charge on any atom is -0.370 e. The van der Waals surface area contributed by atoms with Gasteiger partial charge in [0.1, 0.15) is 6.10 Å². The predicted octanol–water partition coefficient (Wildman–Crippen LogP) is 3.32. The first-order valence-electron chi connectivity index (χ1n) is 10.5. The summed E-state index contributed by atoms with van der Waals surface area (Å²) in [5, 5.41) is 6.49. The van der Waals surface area contributed by atoms with Crippen LogP contribution >= 0.6 is 24.0 Å². The van der Waals surface area contributed by atoms with Crippen molar-refractivity contribution in [1.82, 2.24) is 15.5 Å². The van der Waals surface area contributed by atoms with Gasteiger partial charge in [0, 0.05) is 32.6 Å². The summed E-state index contributed by atoms with van der Waals surface area (Å²) >= 11 is 0. The average molecular weight is 514 g/mol. The third kappa shape index (κ3) is 6.84. The van der Waals surface area contributed by atoms with Gasteiger partial charge in [0.15, 0.2) is 5.96 Å². The highest BCUT2D eigenvalue weighted by atomic mass is 127. The average Bonchev–Trinajstić information content (AvgIpc) is 3.18. The summed E-state index contributed by atoms with van der Waals surface area (Å²) in [6, 6.07) is 6.89. The number of morpholine rings is 1. The zero-order valence-corrected chi connectivity index (χ0v) is 20.2. The Kier molecular flexibility index (Phi) is 9.68. The first kappa shape index (κ1) is 23.9. The van der Waals surface area contributed by atoms with Gasteiger partial charge in [-0.15, -0.1) is 24.0 Å². The molecule has 0 bridgehead atoms. The maximum Gasteiger partial charge on any atom is 0.221 e. The summed E-state index contributed by atoms with van der Waals surface area (Å²) in [7, 11) is 1.79. The quantitative estimate of drug-likeness (QED) is 0.360. The molecule has 3 rings (SSSR count). The maximum absolute atomic E-state index is 12.1. The lowest BCUT2D eigenvalue weighted by atomic mass is 10.00. The van der Waals surface area contributed by atoms with Crippen LogP contribution in [0.1, 0.15) is 54.9 Å². The van der Waals surface area contributed by atoms with Crippen molar-refractivity contribution in [2.45, 2.75) is 58.1 Å². The molecule has 2 fully saturated rings. The summed E-state index contributed by atoms with van der Waals surface area (Å²) in [6.07, 6.45) is 5.21. The highest BCUT2D eigenvalue weighted by Crippen LogP contribution is 2.26. The van der Waals surface area contributed by atoms with E-state index in [2.05, 4.69) is 52.6 Å². The number of carbonyl (C=O) groups is 1. The molecule has 162 valence electrons. The number of rotatable bonds is 5. The molecular formula is C22H35IN4O2. The van der Waals surface area contributed by atoms with Crippen molar-refractivity contribution in [2.75, 3.05) is 33.3 Å². The number of benzene rings is 1. The molecule has 2 N–H and O–H groups in total. The van der Waals surface area contributed by atoms with Gasteiger partial charge in [0.05, 0.1) is 13.2 Å². The molecule has 1 amide bonds. The van der Waals surface area contributed by atoms with Crippen LogP contribution in [0.25, 0.3) is 0 Å². The van der Waals surface area contributed by atoms with Crippen molar-refractivity contribution < 1.29 is 9.53 Å². The van der Waals surface area contributed by atoms with Crippen molar-refractivity contribution >= 4 is 35.8 Å². The Morgan fingerprint density at radius 2 is 2.03 bits per heavy atom. The van der Waals surface area contributed by atoms with Gasteiger partial charge in [-0.05, 0) is 37.8 Å². The zero-order chi connectivity index (χ0) is 19.9. The molecule has 1 aliphatic heterocycles. The second kappa shape index (κ2) is 11.7. The number of carbonyl (C=O) groups excluding carboxylic acids is 1. The van der Waals surface area contributed by atoms with Crippen LogP contribution in [0.3, 0.4) is 0 Å². The van der Waals surface area contributed by atoms with E-state index in [0.29, 0.717) is 25.6 Å². The molecule has 0 spiro atoms. The second-order valence-electron chi connectivity index (χ2n) is 7.94. The molecular weight excluding hydrogens is 479 g/mol. The van der Waals surface area contributed by atoms with Gasteiger partial charge in [-0.25, -0.2) is 0 Å². The number of aliphatic imine (C=N–C) groups is 1. The Morgan fingerprint density at radius 3 is 2.72 bits per heavy atom. The Labute approximate surface area is 191 Å². The summed E-state index contributed by atoms with van der Waals surface area (Å²) in [5.74, 6) is 0.969. The number of hydrogen-bond donors (Lipinski definition) is 2. The summed E-state index contributed by atoms with van der Waals surface area (Å²) in [6.45, 7) is 7.07. The van der Waals surface area contributed by atoms with E-state index in [1.54, 1.807) is 7.05 Å². The molecule has 2 aliphatic rings. The molecule has 1 heterocycles. The van der Waals surface area contributed by atoms with E-state index in [9.17, 15) is 4.79 Å². The fourth-order valence-corrected chi connectivity index (χ4v) is 4.21. The van der Waals surface area contributed by atoms with Crippen LogP contribution in [-0.4, -0.2) is 56.1 Å². The van der Waals surface area contributed by atoms with Crippen molar-refractivity contribution in [3.63, 3.8) is 0 Å². The number of aryl methyl sites for hydroxylation is 2. The van der Waals surface area contributed by atoms with Gasteiger partial charge in [-0.2, -0.15) is 0 Å². The fourth-order valence-electron chi connectivity index (χ4n) is 4.21. The van der Waals surface area contributed by atoms with Crippen LogP contribution in [0.2, 0.25) is 0 Å². The zero-order valence-electron chi connectivity index (χ0n) is 17.9. The SMILES string of the molecule is CN=C(NCCC(=O)NC1CCCC1)N1CCOC(c2ccc(C)cc2C)C1.I. The lowest BCUT2D eigenvalue weighted by Gasteiger charge is -2.35. The molecule has 6 nitrogen and oxygen atoms in total. The van der Waals surface area contributed by atoms with E-state index in [0.717, 1.165) is 31.9 Å².